The topological polar surface area (TPSA) is 93.4 Å². The summed E-state index contributed by atoms with van der Waals surface area (Å²) in [7, 11) is -3.04. The summed E-state index contributed by atoms with van der Waals surface area (Å²) in [4.78, 5) is 17.5. The van der Waals surface area contributed by atoms with Crippen molar-refractivity contribution in [2.75, 3.05) is 11.5 Å². The van der Waals surface area contributed by atoms with Crippen molar-refractivity contribution in [1.82, 2.24) is 19.9 Å². The lowest BCUT2D eigenvalue weighted by Gasteiger charge is -2.15. The number of thioether (sulfide) groups is 1. The van der Waals surface area contributed by atoms with E-state index in [0.29, 0.717) is 11.6 Å². The Balaban J connectivity index is 1.63. The first-order valence-corrected chi connectivity index (χ1v) is 12.5. The minimum absolute atomic E-state index is 0.0144. The van der Waals surface area contributed by atoms with Gasteiger partial charge in [-0.05, 0) is 38.8 Å². The number of hydrogen-bond donors (Lipinski definition) is 1. The molecule has 2 atom stereocenters. The van der Waals surface area contributed by atoms with Crippen LogP contribution in [0.15, 0.2) is 41.6 Å². The number of rotatable bonds is 5. The summed E-state index contributed by atoms with van der Waals surface area (Å²) in [5.41, 5.74) is 4.67. The van der Waals surface area contributed by atoms with Gasteiger partial charge in [0.25, 0.3) is 0 Å². The molecule has 0 bridgehead atoms. The molecule has 2 aromatic heterocycles. The van der Waals surface area contributed by atoms with Gasteiger partial charge in [-0.2, -0.15) is 5.10 Å². The van der Waals surface area contributed by atoms with Crippen LogP contribution in [0.3, 0.4) is 0 Å². The highest BCUT2D eigenvalue weighted by Gasteiger charge is 2.30. The number of hydrogen-bond acceptors (Lipinski definition) is 6. The highest BCUT2D eigenvalue weighted by Crippen LogP contribution is 2.32. The standard InChI is InChI=1S/C21H24N4O3S2/c1-13-11-14(2)24-25-19(13)18(16-7-5-4-6-8-16)23-21(25)29-15(3)20(26)22-17-9-10-30(27,28)12-17/h4-8,11,15,17H,9-10,12H2,1-3H3,(H,22,26). The predicted octanol–water partition coefficient (Wildman–Crippen LogP) is 2.80. The van der Waals surface area contributed by atoms with E-state index in [-0.39, 0.29) is 23.5 Å². The van der Waals surface area contributed by atoms with Gasteiger partial charge in [-0.25, -0.2) is 17.9 Å². The van der Waals surface area contributed by atoms with Gasteiger partial charge in [-0.15, -0.1) is 0 Å². The van der Waals surface area contributed by atoms with Gasteiger partial charge in [0.15, 0.2) is 15.0 Å². The number of aromatic nitrogens is 3. The average Bonchev–Trinajstić information content (AvgIpc) is 3.22. The van der Waals surface area contributed by atoms with Crippen LogP contribution in [-0.2, 0) is 14.6 Å². The number of carbonyl (C=O) groups excluding carboxylic acids is 1. The minimum atomic E-state index is -3.04. The predicted molar refractivity (Wildman–Crippen MR) is 118 cm³/mol. The first-order chi connectivity index (χ1) is 14.2. The number of benzene rings is 1. The van der Waals surface area contributed by atoms with Crippen LogP contribution in [0.4, 0.5) is 0 Å². The summed E-state index contributed by atoms with van der Waals surface area (Å²) in [5, 5.41) is 7.70. The van der Waals surface area contributed by atoms with Crippen molar-refractivity contribution in [3.63, 3.8) is 0 Å². The largest absolute Gasteiger partial charge is 0.351 e. The van der Waals surface area contributed by atoms with Crippen molar-refractivity contribution in [2.24, 2.45) is 0 Å². The molecule has 158 valence electrons. The smallest absolute Gasteiger partial charge is 0.233 e. The summed E-state index contributed by atoms with van der Waals surface area (Å²) >= 11 is 1.33. The van der Waals surface area contributed by atoms with Crippen LogP contribution >= 0.6 is 11.8 Å². The van der Waals surface area contributed by atoms with E-state index in [1.54, 1.807) is 6.92 Å². The first-order valence-electron chi connectivity index (χ1n) is 9.83. The van der Waals surface area contributed by atoms with Crippen molar-refractivity contribution < 1.29 is 13.2 Å². The Morgan fingerprint density at radius 3 is 2.67 bits per heavy atom. The number of nitrogens with one attached hydrogen (secondary N) is 1. The van der Waals surface area contributed by atoms with E-state index in [9.17, 15) is 13.2 Å². The molecule has 2 unspecified atom stereocenters. The van der Waals surface area contributed by atoms with Gasteiger partial charge in [0, 0.05) is 11.6 Å². The molecule has 1 fully saturated rings. The average molecular weight is 445 g/mol. The van der Waals surface area contributed by atoms with Crippen LogP contribution in [0, 0.1) is 13.8 Å². The zero-order valence-corrected chi connectivity index (χ0v) is 18.8. The van der Waals surface area contributed by atoms with Crippen molar-refractivity contribution >= 4 is 33.0 Å². The zero-order chi connectivity index (χ0) is 21.5. The normalized spacial score (nSPS) is 19.1. The highest BCUT2D eigenvalue weighted by atomic mass is 32.2. The summed E-state index contributed by atoms with van der Waals surface area (Å²) < 4.78 is 25.1. The van der Waals surface area contributed by atoms with E-state index in [1.165, 1.54) is 11.8 Å². The van der Waals surface area contributed by atoms with E-state index < -0.39 is 15.1 Å². The van der Waals surface area contributed by atoms with Crippen molar-refractivity contribution in [3.8, 4) is 11.3 Å². The second-order valence-electron chi connectivity index (χ2n) is 7.71. The Morgan fingerprint density at radius 1 is 1.27 bits per heavy atom. The molecule has 30 heavy (non-hydrogen) atoms. The van der Waals surface area contributed by atoms with Crippen LogP contribution in [0.5, 0.6) is 0 Å². The monoisotopic (exact) mass is 444 g/mol. The highest BCUT2D eigenvalue weighted by molar-refractivity contribution is 8.00. The molecule has 7 nitrogen and oxygen atoms in total. The molecule has 3 heterocycles. The molecular weight excluding hydrogens is 420 g/mol. The molecule has 1 aromatic carbocycles. The number of aryl methyl sites for hydroxylation is 2. The van der Waals surface area contributed by atoms with E-state index in [0.717, 1.165) is 28.0 Å². The molecule has 9 heteroatoms. The molecule has 1 amide bonds. The summed E-state index contributed by atoms with van der Waals surface area (Å²) in [5.74, 6) is -0.0437. The van der Waals surface area contributed by atoms with Gasteiger partial charge in [0.05, 0.1) is 33.7 Å². The maximum absolute atomic E-state index is 12.7. The summed E-state index contributed by atoms with van der Waals surface area (Å²) in [6.45, 7) is 5.76. The molecule has 1 aliphatic rings. The molecule has 0 radical (unpaired) electrons. The molecule has 3 aromatic rings. The molecule has 4 rings (SSSR count). The first kappa shape index (κ1) is 20.9. The molecular formula is C21H24N4O3S2. The van der Waals surface area contributed by atoms with E-state index in [1.807, 2.05) is 54.8 Å². The fraction of sp³-hybridized carbons (Fsp3) is 0.381. The third-order valence-electron chi connectivity index (χ3n) is 5.16. The second-order valence-corrected chi connectivity index (χ2v) is 11.2. The maximum atomic E-state index is 12.7. The molecule has 0 saturated carbocycles. The molecule has 0 spiro atoms. The molecule has 1 N–H and O–H groups in total. The van der Waals surface area contributed by atoms with Gasteiger partial charge >= 0.3 is 0 Å². The lowest BCUT2D eigenvalue weighted by atomic mass is 10.1. The number of sulfone groups is 1. The summed E-state index contributed by atoms with van der Waals surface area (Å²) in [6.07, 6.45) is 0.468. The van der Waals surface area contributed by atoms with Gasteiger partial charge in [0.1, 0.15) is 0 Å². The second kappa shape index (κ2) is 8.03. The van der Waals surface area contributed by atoms with Crippen molar-refractivity contribution in [1.29, 1.82) is 0 Å². The van der Waals surface area contributed by atoms with Gasteiger partial charge in [0.2, 0.25) is 5.91 Å². The Kier molecular flexibility index (Phi) is 5.59. The Labute approximate surface area is 180 Å². The Bertz CT molecular complexity index is 1210. The number of amides is 1. The van der Waals surface area contributed by atoms with Crippen LogP contribution in [-0.4, -0.2) is 51.7 Å². The van der Waals surface area contributed by atoms with Crippen LogP contribution in [0.25, 0.3) is 16.8 Å². The Morgan fingerprint density at radius 2 is 2.00 bits per heavy atom. The van der Waals surface area contributed by atoms with E-state index in [2.05, 4.69) is 10.4 Å². The van der Waals surface area contributed by atoms with E-state index >= 15 is 0 Å². The fourth-order valence-electron chi connectivity index (χ4n) is 3.72. The van der Waals surface area contributed by atoms with Crippen molar-refractivity contribution in [2.45, 2.75) is 43.6 Å². The SMILES string of the molecule is Cc1cc(C)c2c(-c3ccccc3)nc(SC(C)C(=O)NC3CCS(=O)(=O)C3)n2n1. The maximum Gasteiger partial charge on any atom is 0.233 e. The number of fused-ring (bicyclic) bond motifs is 1. The number of imidazole rings is 1. The van der Waals surface area contributed by atoms with E-state index in [4.69, 9.17) is 4.98 Å². The van der Waals surface area contributed by atoms with Crippen LogP contribution < -0.4 is 5.32 Å². The molecule has 1 aliphatic heterocycles. The third-order valence-corrected chi connectivity index (χ3v) is 7.97. The molecule has 1 saturated heterocycles. The lowest BCUT2D eigenvalue weighted by Crippen LogP contribution is -2.40. The quantitative estimate of drug-likeness (QED) is 0.608. The number of nitrogens with zero attached hydrogens (tertiary/aromatic N) is 3. The number of carbonyl (C=O) groups is 1. The third kappa shape index (κ3) is 4.22. The van der Waals surface area contributed by atoms with Gasteiger partial charge in [-0.1, -0.05) is 42.1 Å². The van der Waals surface area contributed by atoms with Crippen LogP contribution in [0.1, 0.15) is 24.6 Å². The summed E-state index contributed by atoms with van der Waals surface area (Å²) in [6, 6.07) is 11.6. The minimum Gasteiger partial charge on any atom is -0.351 e. The molecule has 0 aliphatic carbocycles. The fourth-order valence-corrected chi connectivity index (χ4v) is 6.26. The zero-order valence-electron chi connectivity index (χ0n) is 17.1. The van der Waals surface area contributed by atoms with Crippen molar-refractivity contribution in [3.05, 3.63) is 47.7 Å². The van der Waals surface area contributed by atoms with Gasteiger partial charge < -0.3 is 5.32 Å². The lowest BCUT2D eigenvalue weighted by molar-refractivity contribution is -0.120. The Hall–Kier alpha value is -2.39. The van der Waals surface area contributed by atoms with Gasteiger partial charge in [-0.3, -0.25) is 4.79 Å². The van der Waals surface area contributed by atoms with Crippen LogP contribution in [0.2, 0.25) is 0 Å².